The molecule has 1 rings (SSSR count). The molecule has 20 heavy (non-hydrogen) atoms. The molecule has 8 heteroatoms. The number of halogens is 1. The fraction of sp³-hybridized carbons (Fsp3) is 0.417. The molecule has 0 aliphatic heterocycles. The molecule has 0 radical (unpaired) electrons. The van der Waals surface area contributed by atoms with Crippen LogP contribution in [0.2, 0.25) is 0 Å². The molecular weight excluding hydrogens is 289 g/mol. The van der Waals surface area contributed by atoms with Crippen molar-refractivity contribution in [2.75, 3.05) is 20.8 Å². The summed E-state index contributed by atoms with van der Waals surface area (Å²) in [6.07, 6.45) is 0. The second-order valence-corrected chi connectivity index (χ2v) is 6.15. The molecule has 0 fully saturated rings. The lowest BCUT2D eigenvalue weighted by Crippen LogP contribution is -2.38. The number of hydrogen-bond acceptors (Lipinski definition) is 5. The lowest BCUT2D eigenvalue weighted by Gasteiger charge is -2.23. The zero-order valence-electron chi connectivity index (χ0n) is 11.3. The fourth-order valence-corrected chi connectivity index (χ4v) is 3.04. The van der Waals surface area contributed by atoms with Gasteiger partial charge in [0.1, 0.15) is 5.82 Å². The number of ether oxygens (including phenoxy) is 1. The van der Waals surface area contributed by atoms with Crippen molar-refractivity contribution in [2.24, 2.45) is 0 Å². The van der Waals surface area contributed by atoms with Crippen LogP contribution in [0, 0.1) is 5.82 Å². The first-order chi connectivity index (χ1) is 9.25. The Hall–Kier alpha value is -1.51. The van der Waals surface area contributed by atoms with E-state index in [2.05, 4.69) is 4.74 Å². The van der Waals surface area contributed by atoms with Crippen LogP contribution in [0.1, 0.15) is 17.3 Å². The van der Waals surface area contributed by atoms with Gasteiger partial charge in [-0.05, 0) is 25.1 Å². The van der Waals surface area contributed by atoms with E-state index in [0.29, 0.717) is 0 Å². The summed E-state index contributed by atoms with van der Waals surface area (Å²) in [6, 6.07) is 2.06. The van der Waals surface area contributed by atoms with Gasteiger partial charge in [-0.1, -0.05) is 0 Å². The third kappa shape index (κ3) is 3.14. The highest BCUT2D eigenvalue weighted by molar-refractivity contribution is 7.89. The first-order valence-corrected chi connectivity index (χ1v) is 7.16. The summed E-state index contributed by atoms with van der Waals surface area (Å²) in [4.78, 5) is 11.1. The molecule has 112 valence electrons. The molecule has 0 saturated carbocycles. The molecule has 0 saturated heterocycles. The molecule has 0 spiro atoms. The van der Waals surface area contributed by atoms with Crippen LogP contribution < -0.4 is 0 Å². The van der Waals surface area contributed by atoms with Gasteiger partial charge >= 0.3 is 5.97 Å². The van der Waals surface area contributed by atoms with Gasteiger partial charge in [-0.2, -0.15) is 4.31 Å². The number of rotatable bonds is 5. The highest BCUT2D eigenvalue weighted by Crippen LogP contribution is 2.22. The van der Waals surface area contributed by atoms with Gasteiger partial charge in [0.05, 0.1) is 24.2 Å². The van der Waals surface area contributed by atoms with Gasteiger partial charge in [0.25, 0.3) is 0 Å². The Kier molecular flexibility index (Phi) is 5.21. The number of sulfonamides is 1. The number of aliphatic hydroxyl groups is 1. The molecule has 6 nitrogen and oxygen atoms in total. The van der Waals surface area contributed by atoms with Gasteiger partial charge in [-0.15, -0.1) is 0 Å². The Bertz CT molecular complexity index is 602. The molecule has 0 heterocycles. The van der Waals surface area contributed by atoms with E-state index in [9.17, 15) is 17.6 Å². The van der Waals surface area contributed by atoms with Crippen molar-refractivity contribution in [3.05, 3.63) is 29.6 Å². The van der Waals surface area contributed by atoms with Gasteiger partial charge in [-0.25, -0.2) is 17.6 Å². The highest BCUT2D eigenvalue weighted by Gasteiger charge is 2.30. The number of methoxy groups -OCH3 is 1. The van der Waals surface area contributed by atoms with E-state index < -0.39 is 39.4 Å². The van der Waals surface area contributed by atoms with Crippen molar-refractivity contribution in [3.8, 4) is 0 Å². The number of hydrogen-bond donors (Lipinski definition) is 1. The van der Waals surface area contributed by atoms with Crippen LogP contribution in [0.25, 0.3) is 0 Å². The molecule has 1 unspecified atom stereocenters. The quantitative estimate of drug-likeness (QED) is 0.806. The molecule has 1 N–H and O–H groups in total. The topological polar surface area (TPSA) is 83.9 Å². The Labute approximate surface area is 116 Å². The second-order valence-electron chi connectivity index (χ2n) is 4.18. The van der Waals surface area contributed by atoms with Crippen LogP contribution >= 0.6 is 0 Å². The minimum absolute atomic E-state index is 0.258. The number of esters is 1. The van der Waals surface area contributed by atoms with Gasteiger partial charge in [0.15, 0.2) is 0 Å². The van der Waals surface area contributed by atoms with Gasteiger partial charge < -0.3 is 9.84 Å². The molecular formula is C12H16FNO5S. The van der Waals surface area contributed by atoms with Crippen molar-refractivity contribution < 1.29 is 27.4 Å². The predicted octanol–water partition coefficient (Wildman–Crippen LogP) is 0.614. The Balaban J connectivity index is 3.44. The normalized spacial score (nSPS) is 13.3. The number of carbonyl (C=O) groups excluding carboxylic acids is 1. The lowest BCUT2D eigenvalue weighted by atomic mass is 10.2. The SMILES string of the molecule is COC(=O)c1ccc(F)cc1S(=O)(=O)N(C)C(C)CO. The highest BCUT2D eigenvalue weighted by atomic mass is 32.2. The van der Waals surface area contributed by atoms with Gasteiger partial charge in [-0.3, -0.25) is 0 Å². The van der Waals surface area contributed by atoms with Crippen molar-refractivity contribution in [1.82, 2.24) is 4.31 Å². The standard InChI is InChI=1S/C12H16FNO5S/c1-8(7-15)14(2)20(17,18)11-6-9(13)4-5-10(11)12(16)19-3/h4-6,8,15H,7H2,1-3H3. The van der Waals surface area contributed by atoms with Gasteiger partial charge in [0.2, 0.25) is 10.0 Å². The molecule has 0 aromatic heterocycles. The minimum atomic E-state index is -4.13. The van der Waals surface area contributed by atoms with Crippen molar-refractivity contribution in [2.45, 2.75) is 17.9 Å². The second kappa shape index (κ2) is 6.29. The summed E-state index contributed by atoms with van der Waals surface area (Å²) < 4.78 is 43.4. The average molecular weight is 305 g/mol. The summed E-state index contributed by atoms with van der Waals surface area (Å²) in [6.45, 7) is 1.08. The van der Waals surface area contributed by atoms with Crippen LogP contribution in [0.15, 0.2) is 23.1 Å². The van der Waals surface area contributed by atoms with Crippen LogP contribution in [-0.2, 0) is 14.8 Å². The monoisotopic (exact) mass is 305 g/mol. The third-order valence-corrected chi connectivity index (χ3v) is 4.90. The average Bonchev–Trinajstić information content (AvgIpc) is 2.44. The zero-order chi connectivity index (χ0) is 15.5. The van der Waals surface area contributed by atoms with Crippen LogP contribution in [0.3, 0.4) is 0 Å². The molecule has 1 aromatic carbocycles. The summed E-state index contributed by atoms with van der Waals surface area (Å²) in [7, 11) is -1.79. The first-order valence-electron chi connectivity index (χ1n) is 5.72. The van der Waals surface area contributed by atoms with E-state index in [1.807, 2.05) is 0 Å². The van der Waals surface area contributed by atoms with Gasteiger partial charge in [0, 0.05) is 13.1 Å². The predicted molar refractivity (Wildman–Crippen MR) is 69.2 cm³/mol. The van der Waals surface area contributed by atoms with E-state index in [-0.39, 0.29) is 5.56 Å². The maximum Gasteiger partial charge on any atom is 0.339 e. The molecule has 0 amide bonds. The minimum Gasteiger partial charge on any atom is -0.465 e. The maximum absolute atomic E-state index is 13.3. The number of carbonyl (C=O) groups is 1. The van der Waals surface area contributed by atoms with Crippen molar-refractivity contribution in [1.29, 1.82) is 0 Å². The molecule has 0 aliphatic carbocycles. The summed E-state index contributed by atoms with van der Waals surface area (Å²) in [5.74, 6) is -1.67. The first kappa shape index (κ1) is 16.5. The molecule has 0 bridgehead atoms. The van der Waals surface area contributed by atoms with Crippen LogP contribution in [0.4, 0.5) is 4.39 Å². The summed E-state index contributed by atoms with van der Waals surface area (Å²) >= 11 is 0. The number of nitrogens with zero attached hydrogens (tertiary/aromatic N) is 1. The number of aliphatic hydroxyl groups excluding tert-OH is 1. The Morgan fingerprint density at radius 2 is 2.10 bits per heavy atom. The van der Waals surface area contributed by atoms with Crippen LogP contribution in [0.5, 0.6) is 0 Å². The largest absolute Gasteiger partial charge is 0.465 e. The Morgan fingerprint density at radius 3 is 2.60 bits per heavy atom. The zero-order valence-corrected chi connectivity index (χ0v) is 12.1. The number of likely N-dealkylation sites (N-methyl/N-ethyl adjacent to an activating group) is 1. The van der Waals surface area contributed by atoms with E-state index in [1.165, 1.54) is 14.0 Å². The van der Waals surface area contributed by atoms with E-state index in [0.717, 1.165) is 29.6 Å². The smallest absolute Gasteiger partial charge is 0.339 e. The fourth-order valence-electron chi connectivity index (χ4n) is 1.50. The number of benzene rings is 1. The van der Waals surface area contributed by atoms with Crippen molar-refractivity contribution >= 4 is 16.0 Å². The summed E-state index contributed by atoms with van der Waals surface area (Å²) in [5.41, 5.74) is -0.258. The van der Waals surface area contributed by atoms with E-state index in [1.54, 1.807) is 0 Å². The molecule has 1 atom stereocenters. The van der Waals surface area contributed by atoms with E-state index in [4.69, 9.17) is 5.11 Å². The van der Waals surface area contributed by atoms with E-state index >= 15 is 0 Å². The van der Waals surface area contributed by atoms with Crippen molar-refractivity contribution in [3.63, 3.8) is 0 Å². The molecule has 0 aliphatic rings. The van der Waals surface area contributed by atoms with Crippen LogP contribution in [-0.4, -0.2) is 50.6 Å². The summed E-state index contributed by atoms with van der Waals surface area (Å²) in [5, 5.41) is 9.02. The Morgan fingerprint density at radius 1 is 1.50 bits per heavy atom. The maximum atomic E-state index is 13.3. The third-order valence-electron chi connectivity index (χ3n) is 2.89. The molecule has 1 aromatic rings. The lowest BCUT2D eigenvalue weighted by molar-refractivity contribution is 0.0596.